The van der Waals surface area contributed by atoms with Gasteiger partial charge in [0.2, 0.25) is 0 Å². The van der Waals surface area contributed by atoms with E-state index in [0.717, 1.165) is 12.3 Å². The van der Waals surface area contributed by atoms with Gasteiger partial charge in [-0.3, -0.25) is 4.98 Å². The van der Waals surface area contributed by atoms with Gasteiger partial charge in [-0.25, -0.2) is 4.39 Å². The normalized spacial score (nSPS) is 14.3. The molecule has 0 saturated carbocycles. The first kappa shape index (κ1) is 8.99. The molecule has 1 N–H and O–H groups in total. The van der Waals surface area contributed by atoms with E-state index >= 15 is 0 Å². The minimum atomic E-state index is -3.93. The first-order chi connectivity index (χ1) is 5.55. The van der Waals surface area contributed by atoms with Crippen molar-refractivity contribution < 1.29 is 18.3 Å². The van der Waals surface area contributed by atoms with E-state index in [0.29, 0.717) is 0 Å². The molecule has 1 aromatic heterocycles. The third-order valence-corrected chi connectivity index (χ3v) is 1.31. The summed E-state index contributed by atoms with van der Waals surface area (Å²) in [6, 6.07) is 3.66. The van der Waals surface area contributed by atoms with Gasteiger partial charge in [0.05, 0.1) is 0 Å². The van der Waals surface area contributed by atoms with Crippen molar-refractivity contribution in [3.05, 3.63) is 30.1 Å². The highest BCUT2D eigenvalue weighted by Gasteiger charge is 2.42. The SMILES string of the molecule is OC(F)C(F)(F)c1ccccn1. The molecular formula is C7H6F3NO. The smallest absolute Gasteiger partial charge is 0.344 e. The number of aliphatic hydroxyl groups is 1. The molecule has 0 spiro atoms. The summed E-state index contributed by atoms with van der Waals surface area (Å²) in [5.74, 6) is -3.93. The van der Waals surface area contributed by atoms with Crippen LogP contribution in [0.4, 0.5) is 13.2 Å². The Morgan fingerprint density at radius 3 is 2.50 bits per heavy atom. The van der Waals surface area contributed by atoms with Gasteiger partial charge in [0.1, 0.15) is 5.69 Å². The van der Waals surface area contributed by atoms with Crippen molar-refractivity contribution in [2.75, 3.05) is 0 Å². The maximum atomic E-state index is 12.6. The lowest BCUT2D eigenvalue weighted by Crippen LogP contribution is -2.27. The molecule has 2 nitrogen and oxygen atoms in total. The molecule has 1 heterocycles. The predicted octanol–water partition coefficient (Wildman–Crippen LogP) is 1.46. The van der Waals surface area contributed by atoms with Crippen LogP contribution in [0.15, 0.2) is 24.4 Å². The number of aromatic nitrogens is 1. The van der Waals surface area contributed by atoms with Crippen LogP contribution in [0.5, 0.6) is 0 Å². The highest BCUT2D eigenvalue weighted by Crippen LogP contribution is 2.30. The molecule has 0 saturated heterocycles. The largest absolute Gasteiger partial charge is 0.359 e. The molecule has 0 fully saturated rings. The zero-order valence-electron chi connectivity index (χ0n) is 5.92. The molecule has 0 aliphatic rings. The molecular weight excluding hydrogens is 171 g/mol. The number of rotatable bonds is 2. The summed E-state index contributed by atoms with van der Waals surface area (Å²) in [6.45, 7) is 0. The van der Waals surface area contributed by atoms with Crippen LogP contribution >= 0.6 is 0 Å². The van der Waals surface area contributed by atoms with Gasteiger partial charge in [-0.2, -0.15) is 8.78 Å². The van der Waals surface area contributed by atoms with E-state index in [4.69, 9.17) is 5.11 Å². The van der Waals surface area contributed by atoms with Crippen LogP contribution in [0.25, 0.3) is 0 Å². The van der Waals surface area contributed by atoms with Crippen molar-refractivity contribution in [1.29, 1.82) is 0 Å². The van der Waals surface area contributed by atoms with Crippen molar-refractivity contribution in [2.24, 2.45) is 0 Å². The molecule has 1 aromatic rings. The van der Waals surface area contributed by atoms with Gasteiger partial charge >= 0.3 is 5.92 Å². The van der Waals surface area contributed by atoms with Crippen molar-refractivity contribution in [1.82, 2.24) is 4.98 Å². The average molecular weight is 177 g/mol. The Balaban J connectivity index is 2.98. The quantitative estimate of drug-likeness (QED) is 0.741. The molecule has 0 aromatic carbocycles. The van der Waals surface area contributed by atoms with E-state index in [1.807, 2.05) is 0 Å². The van der Waals surface area contributed by atoms with Crippen molar-refractivity contribution in [2.45, 2.75) is 12.3 Å². The van der Waals surface area contributed by atoms with Crippen LogP contribution in [0.3, 0.4) is 0 Å². The van der Waals surface area contributed by atoms with Crippen molar-refractivity contribution >= 4 is 0 Å². The molecule has 1 unspecified atom stereocenters. The minimum absolute atomic E-state index is 0.778. The third kappa shape index (κ3) is 1.55. The molecule has 0 aliphatic heterocycles. The average Bonchev–Trinajstić information content (AvgIpc) is 2.06. The predicted molar refractivity (Wildman–Crippen MR) is 35.2 cm³/mol. The van der Waals surface area contributed by atoms with Gasteiger partial charge in [0, 0.05) is 6.20 Å². The van der Waals surface area contributed by atoms with Crippen LogP contribution in [-0.4, -0.2) is 16.4 Å². The van der Waals surface area contributed by atoms with E-state index in [-0.39, 0.29) is 0 Å². The number of alkyl halides is 3. The Bertz CT molecular complexity index is 250. The number of hydrogen-bond acceptors (Lipinski definition) is 2. The Hall–Kier alpha value is -1.10. The monoisotopic (exact) mass is 177 g/mol. The first-order valence-electron chi connectivity index (χ1n) is 3.16. The van der Waals surface area contributed by atoms with Gasteiger partial charge in [-0.1, -0.05) is 6.07 Å². The van der Waals surface area contributed by atoms with Crippen LogP contribution < -0.4 is 0 Å². The van der Waals surface area contributed by atoms with Crippen molar-refractivity contribution in [3.8, 4) is 0 Å². The molecule has 1 atom stereocenters. The fourth-order valence-corrected chi connectivity index (χ4v) is 0.682. The molecule has 1 rings (SSSR count). The number of aliphatic hydroxyl groups excluding tert-OH is 1. The topological polar surface area (TPSA) is 33.1 Å². The van der Waals surface area contributed by atoms with Crippen LogP contribution in [0, 0.1) is 0 Å². The molecule has 0 aliphatic carbocycles. The van der Waals surface area contributed by atoms with Crippen molar-refractivity contribution in [3.63, 3.8) is 0 Å². The maximum Gasteiger partial charge on any atom is 0.344 e. The Morgan fingerprint density at radius 1 is 1.42 bits per heavy atom. The standard InChI is InChI=1S/C7H6F3NO/c8-6(12)7(9,10)5-3-1-2-4-11-5/h1-4,6,12H. The van der Waals surface area contributed by atoms with Gasteiger partial charge in [0.25, 0.3) is 6.36 Å². The van der Waals surface area contributed by atoms with Gasteiger partial charge in [-0.05, 0) is 12.1 Å². The summed E-state index contributed by atoms with van der Waals surface area (Å²) in [7, 11) is 0. The molecule has 5 heteroatoms. The molecule has 66 valence electrons. The lowest BCUT2D eigenvalue weighted by Gasteiger charge is -2.14. The number of nitrogens with zero attached hydrogens (tertiary/aromatic N) is 1. The van der Waals surface area contributed by atoms with Gasteiger partial charge in [0.15, 0.2) is 0 Å². The van der Waals surface area contributed by atoms with E-state index in [2.05, 4.69) is 4.98 Å². The summed E-state index contributed by atoms with van der Waals surface area (Å²) in [6.07, 6.45) is -2.11. The summed E-state index contributed by atoms with van der Waals surface area (Å²) >= 11 is 0. The third-order valence-electron chi connectivity index (χ3n) is 1.31. The lowest BCUT2D eigenvalue weighted by molar-refractivity contribution is -0.177. The molecule has 0 bridgehead atoms. The van der Waals surface area contributed by atoms with Gasteiger partial charge < -0.3 is 5.11 Å². The number of halogens is 3. The fraction of sp³-hybridized carbons (Fsp3) is 0.286. The summed E-state index contributed by atoms with van der Waals surface area (Å²) in [5.41, 5.74) is -0.778. The van der Waals surface area contributed by atoms with E-state index < -0.39 is 18.0 Å². The second-order valence-electron chi connectivity index (χ2n) is 2.17. The highest BCUT2D eigenvalue weighted by atomic mass is 19.3. The number of hydrogen-bond donors (Lipinski definition) is 1. The maximum absolute atomic E-state index is 12.6. The van der Waals surface area contributed by atoms with E-state index in [1.54, 1.807) is 0 Å². The molecule has 0 amide bonds. The fourth-order valence-electron chi connectivity index (χ4n) is 0.682. The van der Waals surface area contributed by atoms with E-state index in [1.165, 1.54) is 12.1 Å². The highest BCUT2D eigenvalue weighted by molar-refractivity contribution is 5.10. The Kier molecular flexibility index (Phi) is 2.32. The Morgan fingerprint density at radius 2 is 2.08 bits per heavy atom. The van der Waals surface area contributed by atoms with E-state index in [9.17, 15) is 13.2 Å². The minimum Gasteiger partial charge on any atom is -0.359 e. The second kappa shape index (κ2) is 3.10. The zero-order valence-corrected chi connectivity index (χ0v) is 5.92. The molecule has 0 radical (unpaired) electrons. The van der Waals surface area contributed by atoms with Crippen LogP contribution in [-0.2, 0) is 5.92 Å². The summed E-state index contributed by atoms with van der Waals surface area (Å²) in [5, 5.41) is 8.08. The van der Waals surface area contributed by atoms with Crippen LogP contribution in [0.2, 0.25) is 0 Å². The lowest BCUT2D eigenvalue weighted by atomic mass is 10.2. The first-order valence-corrected chi connectivity index (χ1v) is 3.16. The van der Waals surface area contributed by atoms with Crippen LogP contribution in [0.1, 0.15) is 5.69 Å². The second-order valence-corrected chi connectivity index (χ2v) is 2.17. The number of pyridine rings is 1. The molecule has 12 heavy (non-hydrogen) atoms. The summed E-state index contributed by atoms with van der Waals surface area (Å²) < 4.78 is 37.1. The van der Waals surface area contributed by atoms with Gasteiger partial charge in [-0.15, -0.1) is 0 Å². The summed E-state index contributed by atoms with van der Waals surface area (Å²) in [4.78, 5) is 3.22. The zero-order chi connectivity index (χ0) is 9.19. The Labute approximate surface area is 66.7 Å².